The van der Waals surface area contributed by atoms with Crippen molar-refractivity contribution in [1.29, 1.82) is 5.26 Å². The van der Waals surface area contributed by atoms with Crippen molar-refractivity contribution in [2.75, 3.05) is 19.6 Å². The summed E-state index contributed by atoms with van der Waals surface area (Å²) in [5.74, 6) is 0.686. The van der Waals surface area contributed by atoms with Gasteiger partial charge in [-0.3, -0.25) is 0 Å². The molecule has 0 amide bonds. The summed E-state index contributed by atoms with van der Waals surface area (Å²) < 4.78 is 1.17. The first-order chi connectivity index (χ1) is 8.29. The Morgan fingerprint density at radius 3 is 2.76 bits per heavy atom. The van der Waals surface area contributed by atoms with E-state index in [9.17, 15) is 0 Å². The summed E-state index contributed by atoms with van der Waals surface area (Å²) >= 11 is 3.53. The third-order valence-corrected chi connectivity index (χ3v) is 3.94. The van der Waals surface area contributed by atoms with Gasteiger partial charge in [0.25, 0.3) is 0 Å². The van der Waals surface area contributed by atoms with Gasteiger partial charge in [0.1, 0.15) is 0 Å². The van der Waals surface area contributed by atoms with Crippen molar-refractivity contribution in [1.82, 2.24) is 4.90 Å². The number of rotatable bonds is 3. The molecule has 1 heterocycles. The zero-order chi connectivity index (χ0) is 12.1. The molecule has 2 rings (SSSR count). The summed E-state index contributed by atoms with van der Waals surface area (Å²) in [6.45, 7) is 3.18. The molecule has 1 aromatic carbocycles. The molecular formula is C14H17BrN2. The van der Waals surface area contributed by atoms with E-state index in [-0.39, 0.29) is 0 Å². The van der Waals surface area contributed by atoms with Gasteiger partial charge in [0, 0.05) is 17.4 Å². The highest BCUT2D eigenvalue weighted by atomic mass is 79.9. The van der Waals surface area contributed by atoms with Gasteiger partial charge in [-0.25, -0.2) is 0 Å². The zero-order valence-electron chi connectivity index (χ0n) is 9.90. The largest absolute Gasteiger partial charge is 0.302 e. The standard InChI is InChI=1S/C14H17BrN2/c15-14-4-1-3-13(11-14)12-5-9-17(10-6-12)8-2-7-16/h1,3-4,11-12H,2,5-6,8-10H2. The lowest BCUT2D eigenvalue weighted by Crippen LogP contribution is -2.33. The van der Waals surface area contributed by atoms with E-state index in [0.717, 1.165) is 19.6 Å². The van der Waals surface area contributed by atoms with Gasteiger partial charge in [0.2, 0.25) is 0 Å². The molecule has 0 aromatic heterocycles. The number of piperidine rings is 1. The monoisotopic (exact) mass is 292 g/mol. The maximum atomic E-state index is 8.58. The Kier molecular flexibility index (Phi) is 4.58. The number of likely N-dealkylation sites (tertiary alicyclic amines) is 1. The first-order valence-electron chi connectivity index (χ1n) is 6.14. The van der Waals surface area contributed by atoms with Crippen molar-refractivity contribution in [3.63, 3.8) is 0 Å². The highest BCUT2D eigenvalue weighted by molar-refractivity contribution is 9.10. The maximum absolute atomic E-state index is 8.58. The Labute approximate surface area is 111 Å². The predicted molar refractivity (Wildman–Crippen MR) is 72.8 cm³/mol. The first-order valence-corrected chi connectivity index (χ1v) is 6.93. The van der Waals surface area contributed by atoms with Crippen molar-refractivity contribution in [2.24, 2.45) is 0 Å². The molecule has 1 saturated heterocycles. The molecule has 0 N–H and O–H groups in total. The maximum Gasteiger partial charge on any atom is 0.0635 e. The van der Waals surface area contributed by atoms with Crippen LogP contribution in [0.1, 0.15) is 30.7 Å². The van der Waals surface area contributed by atoms with E-state index < -0.39 is 0 Å². The predicted octanol–water partition coefficient (Wildman–Crippen LogP) is 3.54. The third-order valence-electron chi connectivity index (χ3n) is 3.45. The molecule has 17 heavy (non-hydrogen) atoms. The number of hydrogen-bond donors (Lipinski definition) is 0. The lowest BCUT2D eigenvalue weighted by Gasteiger charge is -2.31. The molecule has 0 radical (unpaired) electrons. The fourth-order valence-corrected chi connectivity index (χ4v) is 2.88. The Morgan fingerprint density at radius 2 is 2.12 bits per heavy atom. The SMILES string of the molecule is N#CCCN1CCC(c2cccc(Br)c2)CC1. The van der Waals surface area contributed by atoms with Gasteiger partial charge < -0.3 is 4.90 Å². The first kappa shape index (κ1) is 12.6. The van der Waals surface area contributed by atoms with E-state index in [4.69, 9.17) is 5.26 Å². The molecule has 1 aliphatic rings. The summed E-state index contributed by atoms with van der Waals surface area (Å²) in [4.78, 5) is 2.40. The van der Waals surface area contributed by atoms with Gasteiger partial charge in [0.15, 0.2) is 0 Å². The average Bonchev–Trinajstić information content (AvgIpc) is 2.37. The smallest absolute Gasteiger partial charge is 0.0635 e. The molecule has 1 fully saturated rings. The number of benzene rings is 1. The number of nitriles is 1. The van der Waals surface area contributed by atoms with Gasteiger partial charge in [-0.05, 0) is 49.5 Å². The molecule has 1 aliphatic heterocycles. The van der Waals surface area contributed by atoms with E-state index in [1.54, 1.807) is 0 Å². The normalized spacial score (nSPS) is 17.9. The van der Waals surface area contributed by atoms with Crippen LogP contribution in [0.15, 0.2) is 28.7 Å². The van der Waals surface area contributed by atoms with Crippen molar-refractivity contribution in [3.05, 3.63) is 34.3 Å². The van der Waals surface area contributed by atoms with Crippen LogP contribution in [0.3, 0.4) is 0 Å². The molecular weight excluding hydrogens is 276 g/mol. The minimum absolute atomic E-state index is 0.654. The van der Waals surface area contributed by atoms with Crippen LogP contribution in [0.25, 0.3) is 0 Å². The van der Waals surface area contributed by atoms with Crippen LogP contribution in [0.2, 0.25) is 0 Å². The minimum atomic E-state index is 0.654. The lowest BCUT2D eigenvalue weighted by atomic mass is 9.89. The zero-order valence-corrected chi connectivity index (χ0v) is 11.5. The van der Waals surface area contributed by atoms with Crippen LogP contribution >= 0.6 is 15.9 Å². The topological polar surface area (TPSA) is 27.0 Å². The van der Waals surface area contributed by atoms with Crippen molar-refractivity contribution in [3.8, 4) is 6.07 Å². The summed E-state index contributed by atoms with van der Waals surface area (Å²) in [6, 6.07) is 10.9. The van der Waals surface area contributed by atoms with Crippen molar-refractivity contribution < 1.29 is 0 Å². The second-order valence-electron chi connectivity index (χ2n) is 4.58. The summed E-state index contributed by atoms with van der Waals surface area (Å²) in [6.07, 6.45) is 3.07. The van der Waals surface area contributed by atoms with E-state index >= 15 is 0 Å². The van der Waals surface area contributed by atoms with Gasteiger partial charge in [-0.1, -0.05) is 28.1 Å². The Balaban J connectivity index is 1.89. The van der Waals surface area contributed by atoms with Crippen LogP contribution in [0.4, 0.5) is 0 Å². The van der Waals surface area contributed by atoms with E-state index in [1.807, 2.05) is 0 Å². The van der Waals surface area contributed by atoms with Gasteiger partial charge >= 0.3 is 0 Å². The van der Waals surface area contributed by atoms with Crippen LogP contribution in [0.5, 0.6) is 0 Å². The molecule has 3 heteroatoms. The molecule has 0 unspecified atom stereocenters. The molecule has 0 bridgehead atoms. The minimum Gasteiger partial charge on any atom is -0.302 e. The second-order valence-corrected chi connectivity index (χ2v) is 5.49. The Morgan fingerprint density at radius 1 is 1.35 bits per heavy atom. The fraction of sp³-hybridized carbons (Fsp3) is 0.500. The molecule has 0 atom stereocenters. The third kappa shape index (κ3) is 3.55. The van der Waals surface area contributed by atoms with Crippen LogP contribution in [0, 0.1) is 11.3 Å². The molecule has 0 saturated carbocycles. The summed E-state index contributed by atoms with van der Waals surface area (Å²) in [5, 5.41) is 8.58. The molecule has 1 aromatic rings. The van der Waals surface area contributed by atoms with Crippen molar-refractivity contribution in [2.45, 2.75) is 25.2 Å². The number of nitrogens with zero attached hydrogens (tertiary/aromatic N) is 2. The number of halogens is 1. The van der Waals surface area contributed by atoms with Crippen LogP contribution in [-0.4, -0.2) is 24.5 Å². The quantitative estimate of drug-likeness (QED) is 0.852. The van der Waals surface area contributed by atoms with E-state index in [1.165, 1.54) is 22.9 Å². The number of hydrogen-bond acceptors (Lipinski definition) is 2. The molecule has 90 valence electrons. The second kappa shape index (κ2) is 6.18. The van der Waals surface area contributed by atoms with Gasteiger partial charge in [-0.2, -0.15) is 5.26 Å². The average molecular weight is 293 g/mol. The van der Waals surface area contributed by atoms with Crippen LogP contribution < -0.4 is 0 Å². The highest BCUT2D eigenvalue weighted by Gasteiger charge is 2.20. The fourth-order valence-electron chi connectivity index (χ4n) is 2.46. The van der Waals surface area contributed by atoms with Crippen molar-refractivity contribution >= 4 is 15.9 Å². The lowest BCUT2D eigenvalue weighted by molar-refractivity contribution is 0.216. The Bertz CT molecular complexity index is 403. The highest BCUT2D eigenvalue weighted by Crippen LogP contribution is 2.29. The molecule has 0 aliphatic carbocycles. The summed E-state index contributed by atoms with van der Waals surface area (Å²) in [5.41, 5.74) is 1.44. The molecule has 0 spiro atoms. The van der Waals surface area contributed by atoms with Gasteiger partial charge in [0.05, 0.1) is 6.07 Å². The van der Waals surface area contributed by atoms with Crippen LogP contribution in [-0.2, 0) is 0 Å². The van der Waals surface area contributed by atoms with E-state index in [2.05, 4.69) is 51.2 Å². The van der Waals surface area contributed by atoms with E-state index in [0.29, 0.717) is 12.3 Å². The van der Waals surface area contributed by atoms with Gasteiger partial charge in [-0.15, -0.1) is 0 Å². The Hall–Kier alpha value is -0.850. The molecule has 2 nitrogen and oxygen atoms in total. The summed E-state index contributed by atoms with van der Waals surface area (Å²) in [7, 11) is 0.